The van der Waals surface area contributed by atoms with Crippen molar-refractivity contribution in [2.75, 3.05) is 13.1 Å². The molecular formula is C13H15F3N2O4S. The van der Waals surface area contributed by atoms with Crippen molar-refractivity contribution < 1.29 is 31.1 Å². The fourth-order valence-electron chi connectivity index (χ4n) is 2.39. The van der Waals surface area contributed by atoms with Gasteiger partial charge in [0.1, 0.15) is 0 Å². The largest absolute Gasteiger partial charge is 0.503 e. The number of amides is 1. The first-order valence-electron chi connectivity index (χ1n) is 6.75. The minimum Gasteiger partial charge on any atom is -0.372 e. The maximum Gasteiger partial charge on any atom is 0.503 e. The SMILES string of the molecule is CC1CN(C(=O)c2cccnc2S(=O)(=O)C(F)(F)F)CC(C)O1. The van der Waals surface area contributed by atoms with E-state index in [2.05, 4.69) is 4.98 Å². The van der Waals surface area contributed by atoms with Crippen LogP contribution in [0, 0.1) is 0 Å². The smallest absolute Gasteiger partial charge is 0.372 e. The fourth-order valence-corrected chi connectivity index (χ4v) is 3.26. The summed E-state index contributed by atoms with van der Waals surface area (Å²) < 4.78 is 66.9. The van der Waals surface area contributed by atoms with Gasteiger partial charge in [-0.15, -0.1) is 0 Å². The van der Waals surface area contributed by atoms with Gasteiger partial charge in [0.15, 0.2) is 5.03 Å². The predicted molar refractivity (Wildman–Crippen MR) is 73.4 cm³/mol. The van der Waals surface area contributed by atoms with Gasteiger partial charge >= 0.3 is 5.51 Å². The van der Waals surface area contributed by atoms with E-state index in [1.807, 2.05) is 0 Å². The van der Waals surface area contributed by atoms with Crippen LogP contribution in [0.4, 0.5) is 13.2 Å². The predicted octanol–water partition coefficient (Wildman–Crippen LogP) is 1.62. The van der Waals surface area contributed by atoms with Crippen molar-refractivity contribution in [3.05, 3.63) is 23.9 Å². The molecule has 2 rings (SSSR count). The number of morpholine rings is 1. The highest BCUT2D eigenvalue weighted by Crippen LogP contribution is 2.31. The van der Waals surface area contributed by atoms with Crippen molar-refractivity contribution in [1.82, 2.24) is 9.88 Å². The van der Waals surface area contributed by atoms with Gasteiger partial charge in [0.2, 0.25) is 0 Å². The lowest BCUT2D eigenvalue weighted by Crippen LogP contribution is -2.48. The van der Waals surface area contributed by atoms with Gasteiger partial charge in [-0.2, -0.15) is 13.2 Å². The van der Waals surface area contributed by atoms with Crippen LogP contribution in [0.2, 0.25) is 0 Å². The summed E-state index contributed by atoms with van der Waals surface area (Å²) in [5.41, 5.74) is -6.12. The Morgan fingerprint density at radius 2 is 1.87 bits per heavy atom. The quantitative estimate of drug-likeness (QED) is 0.808. The molecule has 1 aromatic rings. The van der Waals surface area contributed by atoms with E-state index in [9.17, 15) is 26.4 Å². The molecule has 10 heteroatoms. The Balaban J connectivity index is 2.43. The second kappa shape index (κ2) is 6.08. The summed E-state index contributed by atoms with van der Waals surface area (Å²) in [6.07, 6.45) is 0.295. The molecule has 1 saturated heterocycles. The van der Waals surface area contributed by atoms with Gasteiger partial charge in [-0.1, -0.05) is 0 Å². The Kier molecular flexibility index (Phi) is 4.67. The highest BCUT2D eigenvalue weighted by molar-refractivity contribution is 7.92. The van der Waals surface area contributed by atoms with Crippen LogP contribution in [-0.4, -0.2) is 55.0 Å². The number of hydrogen-bond acceptors (Lipinski definition) is 5. The minimum atomic E-state index is -5.71. The van der Waals surface area contributed by atoms with E-state index < -0.39 is 31.8 Å². The van der Waals surface area contributed by atoms with Crippen molar-refractivity contribution in [3.8, 4) is 0 Å². The number of sulfone groups is 1. The Morgan fingerprint density at radius 1 is 1.30 bits per heavy atom. The zero-order valence-corrected chi connectivity index (χ0v) is 13.2. The summed E-state index contributed by atoms with van der Waals surface area (Å²) in [7, 11) is -5.71. The highest BCUT2D eigenvalue weighted by atomic mass is 32.2. The molecule has 0 bridgehead atoms. The monoisotopic (exact) mass is 352 g/mol. The first-order valence-corrected chi connectivity index (χ1v) is 8.23. The molecule has 23 heavy (non-hydrogen) atoms. The molecule has 1 aliphatic rings. The van der Waals surface area contributed by atoms with Gasteiger partial charge in [-0.25, -0.2) is 13.4 Å². The first kappa shape index (κ1) is 17.7. The summed E-state index contributed by atoms with van der Waals surface area (Å²) in [6, 6.07) is 2.24. The topological polar surface area (TPSA) is 76.6 Å². The number of nitrogens with zero attached hydrogens (tertiary/aromatic N) is 2. The molecular weight excluding hydrogens is 337 g/mol. The van der Waals surface area contributed by atoms with Gasteiger partial charge in [0, 0.05) is 19.3 Å². The maximum atomic E-state index is 12.8. The van der Waals surface area contributed by atoms with Crippen molar-refractivity contribution in [2.45, 2.75) is 36.6 Å². The number of hydrogen-bond donors (Lipinski definition) is 0. The molecule has 128 valence electrons. The first-order chi connectivity index (χ1) is 10.5. The normalized spacial score (nSPS) is 22.9. The number of aromatic nitrogens is 1. The molecule has 0 N–H and O–H groups in total. The van der Waals surface area contributed by atoms with E-state index in [1.165, 1.54) is 11.0 Å². The van der Waals surface area contributed by atoms with Crippen molar-refractivity contribution in [2.24, 2.45) is 0 Å². The van der Waals surface area contributed by atoms with Crippen LogP contribution in [0.5, 0.6) is 0 Å². The fraction of sp³-hybridized carbons (Fsp3) is 0.538. The highest BCUT2D eigenvalue weighted by Gasteiger charge is 2.50. The van der Waals surface area contributed by atoms with E-state index in [0.717, 1.165) is 12.3 Å². The summed E-state index contributed by atoms with van der Waals surface area (Å²) in [6.45, 7) is 3.74. The molecule has 2 heterocycles. The molecule has 2 unspecified atom stereocenters. The number of rotatable bonds is 2. The van der Waals surface area contributed by atoms with Crippen molar-refractivity contribution >= 4 is 15.7 Å². The van der Waals surface area contributed by atoms with Crippen LogP contribution < -0.4 is 0 Å². The van der Waals surface area contributed by atoms with E-state index in [0.29, 0.717) is 0 Å². The Bertz CT molecular complexity index is 695. The molecule has 1 fully saturated rings. The Morgan fingerprint density at radius 3 is 2.39 bits per heavy atom. The lowest BCUT2D eigenvalue weighted by Gasteiger charge is -2.35. The van der Waals surface area contributed by atoms with Gasteiger partial charge in [0.05, 0.1) is 17.8 Å². The number of alkyl halides is 3. The Hall–Kier alpha value is -1.68. The summed E-state index contributed by atoms with van der Waals surface area (Å²) >= 11 is 0. The van der Waals surface area contributed by atoms with E-state index >= 15 is 0 Å². The van der Waals surface area contributed by atoms with E-state index in [1.54, 1.807) is 13.8 Å². The van der Waals surface area contributed by atoms with Gasteiger partial charge in [-0.3, -0.25) is 4.79 Å². The zero-order chi connectivity index (χ0) is 17.4. The molecule has 1 aromatic heterocycles. The van der Waals surface area contributed by atoms with Crippen LogP contribution >= 0.6 is 0 Å². The number of pyridine rings is 1. The maximum absolute atomic E-state index is 12.8. The zero-order valence-electron chi connectivity index (χ0n) is 12.4. The minimum absolute atomic E-state index is 0.156. The lowest BCUT2D eigenvalue weighted by atomic mass is 10.2. The van der Waals surface area contributed by atoms with Crippen LogP contribution in [0.25, 0.3) is 0 Å². The third-order valence-corrected chi connectivity index (χ3v) is 4.71. The average molecular weight is 352 g/mol. The number of carbonyl (C=O) groups is 1. The number of ether oxygens (including phenoxy) is 1. The van der Waals surface area contributed by atoms with Gasteiger partial charge in [0.25, 0.3) is 15.7 Å². The van der Waals surface area contributed by atoms with E-state index in [4.69, 9.17) is 4.74 Å². The molecule has 0 radical (unpaired) electrons. The van der Waals surface area contributed by atoms with Crippen LogP contribution in [0.15, 0.2) is 23.4 Å². The molecule has 6 nitrogen and oxygen atoms in total. The molecule has 0 aliphatic carbocycles. The molecule has 0 spiro atoms. The second-order valence-electron chi connectivity index (χ2n) is 5.27. The second-order valence-corrected chi connectivity index (χ2v) is 7.13. The van der Waals surface area contributed by atoms with Crippen LogP contribution in [-0.2, 0) is 14.6 Å². The summed E-state index contributed by atoms with van der Waals surface area (Å²) in [4.78, 5) is 17.0. The van der Waals surface area contributed by atoms with E-state index in [-0.39, 0.29) is 25.3 Å². The van der Waals surface area contributed by atoms with Gasteiger partial charge < -0.3 is 9.64 Å². The van der Waals surface area contributed by atoms with Crippen molar-refractivity contribution in [3.63, 3.8) is 0 Å². The number of carbonyl (C=O) groups excluding carboxylic acids is 1. The molecule has 2 atom stereocenters. The third kappa shape index (κ3) is 3.47. The molecule has 0 aromatic carbocycles. The number of halogens is 3. The average Bonchev–Trinajstić information content (AvgIpc) is 2.44. The third-order valence-electron chi connectivity index (χ3n) is 3.27. The molecule has 1 aliphatic heterocycles. The van der Waals surface area contributed by atoms with Crippen molar-refractivity contribution in [1.29, 1.82) is 0 Å². The van der Waals surface area contributed by atoms with Crippen LogP contribution in [0.1, 0.15) is 24.2 Å². The standard InChI is InChI=1S/C13H15F3N2O4S/c1-8-6-18(7-9(2)22-8)12(19)10-4-3-5-17-11(10)23(20,21)13(14,15)16/h3-5,8-9H,6-7H2,1-2H3. The Labute approximate surface area is 131 Å². The van der Waals surface area contributed by atoms with Gasteiger partial charge in [-0.05, 0) is 26.0 Å². The summed E-state index contributed by atoms with van der Waals surface area (Å²) in [5, 5.41) is -1.27. The lowest BCUT2D eigenvalue weighted by molar-refractivity contribution is -0.0588. The summed E-state index contributed by atoms with van der Waals surface area (Å²) in [5.74, 6) is -0.817. The molecule has 1 amide bonds. The van der Waals surface area contributed by atoms with Crippen LogP contribution in [0.3, 0.4) is 0 Å². The molecule has 0 saturated carbocycles.